The Morgan fingerprint density at radius 1 is 1.44 bits per heavy atom. The maximum absolute atomic E-state index is 11.5. The van der Waals surface area contributed by atoms with Crippen LogP contribution < -0.4 is 5.76 Å². The van der Waals surface area contributed by atoms with Gasteiger partial charge in [-0.15, -0.1) is 0 Å². The molecule has 82 valence electrons. The summed E-state index contributed by atoms with van der Waals surface area (Å²) in [5.74, 6) is -0.373. The van der Waals surface area contributed by atoms with Crippen LogP contribution in [0.3, 0.4) is 0 Å². The van der Waals surface area contributed by atoms with E-state index < -0.39 is 0 Å². The van der Waals surface area contributed by atoms with Gasteiger partial charge in [-0.25, -0.2) is 4.79 Å². The zero-order chi connectivity index (χ0) is 11.4. The zero-order valence-corrected chi connectivity index (χ0v) is 8.54. The number of rotatable bonds is 4. The van der Waals surface area contributed by atoms with Crippen LogP contribution in [-0.2, 0) is 6.54 Å². The standard InChI is InChI=1S/C10H10N4O2/c11-13-12-6-3-7-14-8-4-1-2-5-9(8)16-10(14)15/h1-2,4-5H,3,6-7H2. The molecule has 0 unspecified atom stereocenters. The molecule has 1 aromatic carbocycles. The Kier molecular flexibility index (Phi) is 2.93. The van der Waals surface area contributed by atoms with Gasteiger partial charge in [0.15, 0.2) is 5.58 Å². The molecule has 0 saturated carbocycles. The third kappa shape index (κ3) is 1.92. The molecule has 0 amide bonds. The highest BCUT2D eigenvalue weighted by molar-refractivity contribution is 5.72. The van der Waals surface area contributed by atoms with Crippen LogP contribution in [0.5, 0.6) is 0 Å². The second kappa shape index (κ2) is 4.55. The molecule has 6 heteroatoms. The maximum Gasteiger partial charge on any atom is 0.419 e. The number of aromatic nitrogens is 1. The van der Waals surface area contributed by atoms with Crippen molar-refractivity contribution in [3.63, 3.8) is 0 Å². The summed E-state index contributed by atoms with van der Waals surface area (Å²) in [7, 11) is 0. The first-order chi connectivity index (χ1) is 7.83. The van der Waals surface area contributed by atoms with Crippen molar-refractivity contribution in [2.45, 2.75) is 13.0 Å². The number of para-hydroxylation sites is 2. The Morgan fingerprint density at radius 2 is 2.25 bits per heavy atom. The van der Waals surface area contributed by atoms with Crippen molar-refractivity contribution in [2.75, 3.05) is 6.54 Å². The molecule has 0 radical (unpaired) electrons. The molecule has 2 rings (SSSR count). The van der Waals surface area contributed by atoms with Crippen LogP contribution in [0.2, 0.25) is 0 Å². The lowest BCUT2D eigenvalue weighted by atomic mass is 10.3. The predicted octanol–water partition coefficient (Wildman–Crippen LogP) is 2.29. The Morgan fingerprint density at radius 3 is 3.06 bits per heavy atom. The molecule has 0 bridgehead atoms. The second-order valence-electron chi connectivity index (χ2n) is 3.30. The Bertz CT molecular complexity index is 592. The lowest BCUT2D eigenvalue weighted by molar-refractivity contribution is 0.499. The van der Waals surface area contributed by atoms with Crippen LogP contribution >= 0.6 is 0 Å². The Labute approximate surface area is 90.7 Å². The van der Waals surface area contributed by atoms with Gasteiger partial charge < -0.3 is 4.42 Å². The molecule has 16 heavy (non-hydrogen) atoms. The average Bonchev–Trinajstić information content (AvgIpc) is 2.61. The average molecular weight is 218 g/mol. The van der Waals surface area contributed by atoms with Crippen molar-refractivity contribution in [3.05, 3.63) is 45.3 Å². The molecule has 0 fully saturated rings. The number of aryl methyl sites for hydroxylation is 1. The van der Waals surface area contributed by atoms with Crippen LogP contribution in [0.1, 0.15) is 6.42 Å². The van der Waals surface area contributed by atoms with Gasteiger partial charge in [0, 0.05) is 18.0 Å². The van der Waals surface area contributed by atoms with Gasteiger partial charge in [-0.05, 0) is 24.1 Å². The summed E-state index contributed by atoms with van der Waals surface area (Å²) in [6.07, 6.45) is 0.619. The van der Waals surface area contributed by atoms with Crippen LogP contribution in [0.25, 0.3) is 21.5 Å². The predicted molar refractivity (Wildman–Crippen MR) is 59.1 cm³/mol. The van der Waals surface area contributed by atoms with Gasteiger partial charge in [-0.2, -0.15) is 0 Å². The van der Waals surface area contributed by atoms with E-state index in [-0.39, 0.29) is 5.76 Å². The molecule has 0 aliphatic heterocycles. The summed E-state index contributed by atoms with van der Waals surface area (Å²) in [4.78, 5) is 14.1. The van der Waals surface area contributed by atoms with Crippen molar-refractivity contribution in [2.24, 2.45) is 5.11 Å². The van der Waals surface area contributed by atoms with Gasteiger partial charge in [-0.1, -0.05) is 17.2 Å². The van der Waals surface area contributed by atoms with E-state index in [9.17, 15) is 4.79 Å². The number of oxazole rings is 1. The molecule has 2 aromatic rings. The third-order valence-electron chi connectivity index (χ3n) is 2.28. The van der Waals surface area contributed by atoms with Crippen LogP contribution in [-0.4, -0.2) is 11.1 Å². The molecule has 0 N–H and O–H groups in total. The summed E-state index contributed by atoms with van der Waals surface area (Å²) >= 11 is 0. The number of benzene rings is 1. The molecule has 0 saturated heterocycles. The van der Waals surface area contributed by atoms with Gasteiger partial charge >= 0.3 is 5.76 Å². The minimum atomic E-state index is -0.373. The van der Waals surface area contributed by atoms with E-state index in [0.29, 0.717) is 25.1 Å². The fourth-order valence-corrected chi connectivity index (χ4v) is 1.57. The Balaban J connectivity index is 2.26. The highest BCUT2D eigenvalue weighted by Gasteiger charge is 2.06. The lowest BCUT2D eigenvalue weighted by Gasteiger charge is -1.98. The van der Waals surface area contributed by atoms with Crippen molar-refractivity contribution < 1.29 is 4.42 Å². The van der Waals surface area contributed by atoms with Crippen LogP contribution in [0, 0.1) is 0 Å². The minimum absolute atomic E-state index is 0.373. The Hall–Kier alpha value is -2.20. The van der Waals surface area contributed by atoms with E-state index in [1.807, 2.05) is 18.2 Å². The van der Waals surface area contributed by atoms with E-state index >= 15 is 0 Å². The molecule has 6 nitrogen and oxygen atoms in total. The smallest absolute Gasteiger partial charge is 0.408 e. The molecule has 0 aliphatic carbocycles. The SMILES string of the molecule is [N-]=[N+]=NCCCn1c(=O)oc2ccccc21. The first kappa shape index (κ1) is 10.3. The lowest BCUT2D eigenvalue weighted by Crippen LogP contribution is -2.14. The first-order valence-electron chi connectivity index (χ1n) is 4.92. The van der Waals surface area contributed by atoms with Crippen molar-refractivity contribution >= 4 is 11.1 Å². The quantitative estimate of drug-likeness (QED) is 0.341. The number of hydrogen-bond acceptors (Lipinski definition) is 3. The van der Waals surface area contributed by atoms with E-state index in [0.717, 1.165) is 5.52 Å². The monoisotopic (exact) mass is 218 g/mol. The van der Waals surface area contributed by atoms with Gasteiger partial charge in [-0.3, -0.25) is 4.57 Å². The molecular weight excluding hydrogens is 208 g/mol. The molecule has 0 spiro atoms. The summed E-state index contributed by atoms with van der Waals surface area (Å²) < 4.78 is 6.60. The van der Waals surface area contributed by atoms with Gasteiger partial charge in [0.2, 0.25) is 0 Å². The van der Waals surface area contributed by atoms with Crippen molar-refractivity contribution in [1.82, 2.24) is 4.57 Å². The maximum atomic E-state index is 11.5. The van der Waals surface area contributed by atoms with Crippen LogP contribution in [0.4, 0.5) is 0 Å². The first-order valence-corrected chi connectivity index (χ1v) is 4.92. The van der Waals surface area contributed by atoms with E-state index in [1.54, 1.807) is 10.6 Å². The summed E-state index contributed by atoms with van der Waals surface area (Å²) in [6, 6.07) is 7.24. The third-order valence-corrected chi connectivity index (χ3v) is 2.28. The summed E-state index contributed by atoms with van der Waals surface area (Å²) in [6.45, 7) is 0.872. The summed E-state index contributed by atoms with van der Waals surface area (Å²) in [5.41, 5.74) is 9.47. The highest BCUT2D eigenvalue weighted by Crippen LogP contribution is 2.11. The molecule has 0 atom stereocenters. The molecular formula is C10H10N4O2. The van der Waals surface area contributed by atoms with Gasteiger partial charge in [0.05, 0.1) is 5.52 Å². The second-order valence-corrected chi connectivity index (χ2v) is 3.30. The fourth-order valence-electron chi connectivity index (χ4n) is 1.57. The van der Waals surface area contributed by atoms with E-state index in [2.05, 4.69) is 10.0 Å². The van der Waals surface area contributed by atoms with Crippen molar-refractivity contribution in [3.8, 4) is 0 Å². The minimum Gasteiger partial charge on any atom is -0.408 e. The van der Waals surface area contributed by atoms with E-state index in [1.165, 1.54) is 0 Å². The van der Waals surface area contributed by atoms with E-state index in [4.69, 9.17) is 9.95 Å². The fraction of sp³-hybridized carbons (Fsp3) is 0.300. The normalized spacial score (nSPS) is 10.2. The largest absolute Gasteiger partial charge is 0.419 e. The van der Waals surface area contributed by atoms with Crippen molar-refractivity contribution in [1.29, 1.82) is 0 Å². The highest BCUT2D eigenvalue weighted by atomic mass is 16.4. The summed E-state index contributed by atoms with van der Waals surface area (Å²) in [5, 5.41) is 3.42. The number of fused-ring (bicyclic) bond motifs is 1. The molecule has 1 heterocycles. The zero-order valence-electron chi connectivity index (χ0n) is 8.54. The van der Waals surface area contributed by atoms with Gasteiger partial charge in [0.1, 0.15) is 0 Å². The van der Waals surface area contributed by atoms with Gasteiger partial charge in [0.25, 0.3) is 0 Å². The number of nitrogens with zero attached hydrogens (tertiary/aromatic N) is 4. The molecule has 1 aromatic heterocycles. The number of hydrogen-bond donors (Lipinski definition) is 0. The topological polar surface area (TPSA) is 83.9 Å². The number of azide groups is 1. The van der Waals surface area contributed by atoms with Crippen LogP contribution in [0.15, 0.2) is 38.6 Å². The molecule has 0 aliphatic rings.